The van der Waals surface area contributed by atoms with Gasteiger partial charge >= 0.3 is 6.18 Å². The highest BCUT2D eigenvalue weighted by Gasteiger charge is 2.38. The smallest absolute Gasteiger partial charge is 0.330 e. The summed E-state index contributed by atoms with van der Waals surface area (Å²) in [5.41, 5.74) is -0.448. The summed E-state index contributed by atoms with van der Waals surface area (Å²) in [6, 6.07) is 6.27. The number of hydrogen-bond acceptors (Lipinski definition) is 2. The fourth-order valence-electron chi connectivity index (χ4n) is 3.03. The van der Waals surface area contributed by atoms with Gasteiger partial charge in [-0.05, 0) is 30.5 Å². The maximum Gasteiger partial charge on any atom is 0.433 e. The first kappa shape index (κ1) is 16.5. The highest BCUT2D eigenvalue weighted by atomic mass is 19.4. The van der Waals surface area contributed by atoms with Crippen molar-refractivity contribution in [2.45, 2.75) is 25.1 Å². The van der Waals surface area contributed by atoms with Crippen LogP contribution in [0, 0.1) is 5.82 Å². The van der Waals surface area contributed by atoms with Crippen LogP contribution < -0.4 is 0 Å². The van der Waals surface area contributed by atoms with Gasteiger partial charge in [-0.25, -0.2) is 4.39 Å². The zero-order valence-corrected chi connectivity index (χ0v) is 12.8. The molecule has 24 heavy (non-hydrogen) atoms. The van der Waals surface area contributed by atoms with Gasteiger partial charge in [0.25, 0.3) is 5.91 Å². The Bertz CT molecular complexity index is 752. The summed E-state index contributed by atoms with van der Waals surface area (Å²) in [6.45, 7) is 0.429. The Morgan fingerprint density at radius 1 is 1.25 bits per heavy atom. The number of nitrogens with zero attached hydrogens (tertiary/aromatic N) is 3. The lowest BCUT2D eigenvalue weighted by atomic mass is 10.0. The molecule has 0 saturated carbocycles. The molecule has 8 heteroatoms. The van der Waals surface area contributed by atoms with Gasteiger partial charge in [-0.3, -0.25) is 9.48 Å². The molecule has 4 nitrogen and oxygen atoms in total. The van der Waals surface area contributed by atoms with E-state index in [9.17, 15) is 22.4 Å². The van der Waals surface area contributed by atoms with Crippen LogP contribution in [0.15, 0.2) is 30.3 Å². The average Bonchev–Trinajstić information content (AvgIpc) is 3.13. The maximum atomic E-state index is 13.1. The summed E-state index contributed by atoms with van der Waals surface area (Å²) >= 11 is 0. The summed E-state index contributed by atoms with van der Waals surface area (Å²) in [5, 5.41) is 3.71. The zero-order valence-electron chi connectivity index (χ0n) is 12.8. The van der Waals surface area contributed by atoms with Gasteiger partial charge in [-0.1, -0.05) is 12.1 Å². The Kier molecular flexibility index (Phi) is 4.06. The lowest BCUT2D eigenvalue weighted by molar-refractivity contribution is -0.143. The molecule has 1 aromatic heterocycles. The van der Waals surface area contributed by atoms with Gasteiger partial charge in [0.2, 0.25) is 0 Å². The lowest BCUT2D eigenvalue weighted by Gasteiger charge is -2.24. The van der Waals surface area contributed by atoms with E-state index in [0.717, 1.165) is 25.1 Å². The molecule has 0 unspecified atom stereocenters. The van der Waals surface area contributed by atoms with Gasteiger partial charge in [0.05, 0.1) is 6.04 Å². The minimum atomic E-state index is -4.57. The molecule has 0 radical (unpaired) electrons. The van der Waals surface area contributed by atoms with Crippen molar-refractivity contribution < 1.29 is 22.4 Å². The van der Waals surface area contributed by atoms with E-state index in [-0.39, 0.29) is 17.6 Å². The number of alkyl halides is 3. The third-order valence-corrected chi connectivity index (χ3v) is 4.16. The first-order valence-corrected chi connectivity index (χ1v) is 7.45. The number of benzene rings is 1. The molecule has 2 aromatic rings. The molecule has 1 atom stereocenters. The van der Waals surface area contributed by atoms with Crippen LogP contribution in [0.1, 0.15) is 40.6 Å². The molecule has 128 valence electrons. The summed E-state index contributed by atoms with van der Waals surface area (Å²) < 4.78 is 52.3. The second-order valence-electron chi connectivity index (χ2n) is 5.74. The van der Waals surface area contributed by atoms with Gasteiger partial charge in [0, 0.05) is 19.7 Å². The highest BCUT2D eigenvalue weighted by Crippen LogP contribution is 2.34. The fourth-order valence-corrected chi connectivity index (χ4v) is 3.03. The Labute approximate surface area is 135 Å². The van der Waals surface area contributed by atoms with Crippen molar-refractivity contribution in [3.8, 4) is 0 Å². The number of amides is 1. The summed E-state index contributed by atoms with van der Waals surface area (Å²) in [7, 11) is 1.15. The molecular weight excluding hydrogens is 326 g/mol. The van der Waals surface area contributed by atoms with Crippen LogP contribution in [-0.2, 0) is 13.2 Å². The summed E-state index contributed by atoms with van der Waals surface area (Å²) in [4.78, 5) is 14.1. The van der Waals surface area contributed by atoms with Crippen LogP contribution in [0.2, 0.25) is 0 Å². The third-order valence-electron chi connectivity index (χ3n) is 4.16. The van der Waals surface area contributed by atoms with E-state index in [1.54, 1.807) is 12.1 Å². The molecule has 1 amide bonds. The maximum absolute atomic E-state index is 13.1. The molecule has 1 aromatic carbocycles. The molecule has 0 N–H and O–H groups in total. The van der Waals surface area contributed by atoms with Gasteiger partial charge in [0.15, 0.2) is 5.69 Å². The SMILES string of the molecule is Cn1nc(C(=O)N2CCC[C@H]2c2ccc(F)cc2)cc1C(F)(F)F. The van der Waals surface area contributed by atoms with E-state index >= 15 is 0 Å². The molecule has 0 bridgehead atoms. The van der Waals surface area contributed by atoms with E-state index in [2.05, 4.69) is 5.10 Å². The molecule has 1 aliphatic heterocycles. The number of halogens is 4. The molecule has 3 rings (SSSR count). The molecule has 1 aliphatic rings. The second-order valence-corrected chi connectivity index (χ2v) is 5.74. The monoisotopic (exact) mass is 341 g/mol. The number of rotatable bonds is 2. The molecular formula is C16H15F4N3O. The summed E-state index contributed by atoms with van der Waals surface area (Å²) in [6.07, 6.45) is -3.16. The van der Waals surface area contributed by atoms with E-state index < -0.39 is 17.8 Å². The van der Waals surface area contributed by atoms with Crippen molar-refractivity contribution in [3.05, 3.63) is 53.1 Å². The molecule has 0 aliphatic carbocycles. The number of hydrogen-bond donors (Lipinski definition) is 0. The van der Waals surface area contributed by atoms with Crippen LogP contribution in [0.3, 0.4) is 0 Å². The van der Waals surface area contributed by atoms with E-state index in [0.29, 0.717) is 17.6 Å². The number of carbonyl (C=O) groups excluding carboxylic acids is 1. The second kappa shape index (κ2) is 5.92. The molecule has 1 fully saturated rings. The predicted octanol–water partition coefficient (Wildman–Crippen LogP) is 3.56. The number of aryl methyl sites for hydroxylation is 1. The predicted molar refractivity (Wildman–Crippen MR) is 77.6 cm³/mol. The molecule has 1 saturated heterocycles. The fraction of sp³-hybridized carbons (Fsp3) is 0.375. The van der Waals surface area contributed by atoms with Crippen LogP contribution in [0.5, 0.6) is 0 Å². The van der Waals surface area contributed by atoms with Gasteiger partial charge in [0.1, 0.15) is 11.5 Å². The van der Waals surface area contributed by atoms with Crippen LogP contribution in [-0.4, -0.2) is 27.1 Å². The van der Waals surface area contributed by atoms with Crippen molar-refractivity contribution in [1.29, 1.82) is 0 Å². The number of carbonyl (C=O) groups is 1. The van der Waals surface area contributed by atoms with Gasteiger partial charge in [-0.2, -0.15) is 18.3 Å². The Morgan fingerprint density at radius 2 is 1.92 bits per heavy atom. The largest absolute Gasteiger partial charge is 0.433 e. The van der Waals surface area contributed by atoms with E-state index in [1.165, 1.54) is 17.0 Å². The lowest BCUT2D eigenvalue weighted by Crippen LogP contribution is -2.31. The number of aromatic nitrogens is 2. The van der Waals surface area contributed by atoms with Crippen LogP contribution in [0.25, 0.3) is 0 Å². The van der Waals surface area contributed by atoms with Gasteiger partial charge in [-0.15, -0.1) is 0 Å². The van der Waals surface area contributed by atoms with Crippen molar-refractivity contribution >= 4 is 5.91 Å². The minimum absolute atomic E-state index is 0.237. The minimum Gasteiger partial charge on any atom is -0.330 e. The number of likely N-dealkylation sites (tertiary alicyclic amines) is 1. The van der Waals surface area contributed by atoms with Crippen LogP contribution in [0.4, 0.5) is 17.6 Å². The van der Waals surface area contributed by atoms with Crippen molar-refractivity contribution in [2.24, 2.45) is 7.05 Å². The Hall–Kier alpha value is -2.38. The molecule has 2 heterocycles. The first-order valence-electron chi connectivity index (χ1n) is 7.45. The highest BCUT2D eigenvalue weighted by molar-refractivity contribution is 5.93. The standard InChI is InChI=1S/C16H15F4N3O/c1-22-14(16(18,19)20)9-12(21-22)15(24)23-8-2-3-13(23)10-4-6-11(17)7-5-10/h4-7,9,13H,2-3,8H2,1H3/t13-/m0/s1. The van der Waals surface area contributed by atoms with E-state index in [4.69, 9.17) is 0 Å². The van der Waals surface area contributed by atoms with Crippen molar-refractivity contribution in [3.63, 3.8) is 0 Å². The quantitative estimate of drug-likeness (QED) is 0.784. The summed E-state index contributed by atoms with van der Waals surface area (Å²) in [5.74, 6) is -0.929. The Morgan fingerprint density at radius 3 is 2.50 bits per heavy atom. The van der Waals surface area contributed by atoms with Crippen molar-refractivity contribution in [1.82, 2.24) is 14.7 Å². The Balaban J connectivity index is 1.87. The average molecular weight is 341 g/mol. The topological polar surface area (TPSA) is 38.1 Å². The van der Waals surface area contributed by atoms with Crippen molar-refractivity contribution in [2.75, 3.05) is 6.54 Å². The van der Waals surface area contributed by atoms with Crippen LogP contribution >= 0.6 is 0 Å². The first-order chi connectivity index (χ1) is 11.3. The van der Waals surface area contributed by atoms with E-state index in [1.807, 2.05) is 0 Å². The third kappa shape index (κ3) is 3.00. The van der Waals surface area contributed by atoms with Gasteiger partial charge < -0.3 is 4.90 Å². The molecule has 0 spiro atoms. The zero-order chi connectivity index (χ0) is 17.5. The normalized spacial score (nSPS) is 18.2.